The lowest BCUT2D eigenvalue weighted by atomic mass is 10.1. The van der Waals surface area contributed by atoms with Crippen LogP contribution >= 0.6 is 0 Å². The maximum Gasteiger partial charge on any atom is 0.255 e. The van der Waals surface area contributed by atoms with Crippen LogP contribution in [-0.4, -0.2) is 22.1 Å². The third-order valence-corrected chi connectivity index (χ3v) is 5.03. The Balaban J connectivity index is 1.45. The van der Waals surface area contributed by atoms with Gasteiger partial charge >= 0.3 is 0 Å². The average Bonchev–Trinajstić information content (AvgIpc) is 3.35. The number of hydrogen-bond acceptors (Lipinski definition) is 4. The maximum absolute atomic E-state index is 12.8. The number of carbonyl (C=O) groups excluding carboxylic acids is 1. The van der Waals surface area contributed by atoms with Crippen LogP contribution in [0.3, 0.4) is 0 Å². The number of benzene rings is 2. The minimum Gasteiger partial charge on any atom is -0.454 e. The second kappa shape index (κ2) is 6.67. The van der Waals surface area contributed by atoms with Crippen LogP contribution in [0.15, 0.2) is 60.9 Å². The van der Waals surface area contributed by atoms with Gasteiger partial charge in [0.25, 0.3) is 5.91 Å². The number of pyridine rings is 1. The van der Waals surface area contributed by atoms with Crippen molar-refractivity contribution in [2.24, 2.45) is 0 Å². The van der Waals surface area contributed by atoms with E-state index in [9.17, 15) is 4.79 Å². The predicted octanol–water partition coefficient (Wildman–Crippen LogP) is 4.60. The quantitative estimate of drug-likeness (QED) is 0.560. The molecular weight excluding hydrogens is 366 g/mol. The normalized spacial score (nSPS) is 12.3. The topological polar surface area (TPSA) is 64.9 Å². The third-order valence-electron chi connectivity index (χ3n) is 5.03. The van der Waals surface area contributed by atoms with Gasteiger partial charge in [0.1, 0.15) is 5.65 Å². The molecule has 0 saturated heterocycles. The molecule has 0 radical (unpaired) electrons. The van der Waals surface area contributed by atoms with Crippen molar-refractivity contribution in [1.82, 2.24) is 9.38 Å². The number of aromatic nitrogens is 2. The zero-order valence-electron chi connectivity index (χ0n) is 16.1. The summed E-state index contributed by atoms with van der Waals surface area (Å²) in [4.78, 5) is 17.5. The fourth-order valence-electron chi connectivity index (χ4n) is 3.37. The average molecular weight is 385 g/mol. The SMILES string of the molecule is Cc1ccn2cc(-c3ccc(C)c(NC(=O)c4ccc5c(c4)OCO5)c3)nc2c1. The van der Waals surface area contributed by atoms with E-state index in [1.54, 1.807) is 18.2 Å². The second-order valence-electron chi connectivity index (χ2n) is 7.15. The molecule has 1 aliphatic heterocycles. The van der Waals surface area contributed by atoms with Crippen LogP contribution in [0.25, 0.3) is 16.9 Å². The van der Waals surface area contributed by atoms with Gasteiger partial charge in [-0.15, -0.1) is 0 Å². The highest BCUT2D eigenvalue weighted by atomic mass is 16.7. The Morgan fingerprint density at radius 1 is 1.03 bits per heavy atom. The lowest BCUT2D eigenvalue weighted by molar-refractivity contribution is 0.102. The number of nitrogens with one attached hydrogen (secondary N) is 1. The van der Waals surface area contributed by atoms with Gasteiger partial charge in [0.15, 0.2) is 11.5 Å². The van der Waals surface area contributed by atoms with Gasteiger partial charge in [0.2, 0.25) is 6.79 Å². The molecule has 2 aromatic carbocycles. The summed E-state index contributed by atoms with van der Waals surface area (Å²) in [6, 6.07) is 15.2. The monoisotopic (exact) mass is 385 g/mol. The Bertz CT molecular complexity index is 1260. The molecule has 29 heavy (non-hydrogen) atoms. The molecule has 4 aromatic rings. The first kappa shape index (κ1) is 17.3. The minimum absolute atomic E-state index is 0.181. The molecule has 6 heteroatoms. The van der Waals surface area contributed by atoms with E-state index in [2.05, 4.69) is 5.32 Å². The summed E-state index contributed by atoms with van der Waals surface area (Å²) in [5.74, 6) is 1.04. The van der Waals surface area contributed by atoms with E-state index in [0.29, 0.717) is 17.1 Å². The molecule has 6 nitrogen and oxygen atoms in total. The largest absolute Gasteiger partial charge is 0.454 e. The molecular formula is C23H19N3O3. The molecule has 1 aliphatic rings. The van der Waals surface area contributed by atoms with Crippen LogP contribution < -0.4 is 14.8 Å². The van der Waals surface area contributed by atoms with Crippen LogP contribution in [0.5, 0.6) is 11.5 Å². The predicted molar refractivity (Wildman–Crippen MR) is 111 cm³/mol. The number of ether oxygens (including phenoxy) is 2. The van der Waals surface area contributed by atoms with Gasteiger partial charge in [0, 0.05) is 29.2 Å². The molecule has 0 bridgehead atoms. The number of anilines is 1. The lowest BCUT2D eigenvalue weighted by Gasteiger charge is -2.10. The van der Waals surface area contributed by atoms with Crippen molar-refractivity contribution in [3.05, 3.63) is 77.6 Å². The van der Waals surface area contributed by atoms with E-state index in [0.717, 1.165) is 33.7 Å². The first-order valence-electron chi connectivity index (χ1n) is 9.34. The fraction of sp³-hybridized carbons (Fsp3) is 0.130. The van der Waals surface area contributed by atoms with Crippen molar-refractivity contribution in [3.8, 4) is 22.8 Å². The van der Waals surface area contributed by atoms with Crippen LogP contribution in [0.1, 0.15) is 21.5 Å². The molecule has 1 N–H and O–H groups in total. The smallest absolute Gasteiger partial charge is 0.255 e. The Morgan fingerprint density at radius 2 is 1.90 bits per heavy atom. The van der Waals surface area contributed by atoms with Crippen LogP contribution in [0, 0.1) is 13.8 Å². The summed E-state index contributed by atoms with van der Waals surface area (Å²) in [5.41, 5.74) is 6.09. The lowest BCUT2D eigenvalue weighted by Crippen LogP contribution is -2.12. The van der Waals surface area contributed by atoms with Crippen LogP contribution in [0.4, 0.5) is 5.69 Å². The Morgan fingerprint density at radius 3 is 2.79 bits per heavy atom. The molecule has 144 valence electrons. The van der Waals surface area contributed by atoms with Gasteiger partial charge in [-0.05, 0) is 61.4 Å². The van der Waals surface area contributed by atoms with Gasteiger partial charge in [-0.1, -0.05) is 12.1 Å². The Labute approximate surface area is 167 Å². The van der Waals surface area contributed by atoms with Crippen molar-refractivity contribution in [1.29, 1.82) is 0 Å². The number of hydrogen-bond donors (Lipinski definition) is 1. The molecule has 0 spiro atoms. The van der Waals surface area contributed by atoms with E-state index in [-0.39, 0.29) is 12.7 Å². The van der Waals surface area contributed by atoms with Gasteiger partial charge in [0.05, 0.1) is 5.69 Å². The summed E-state index contributed by atoms with van der Waals surface area (Å²) >= 11 is 0. The Kier molecular flexibility index (Phi) is 3.98. The summed E-state index contributed by atoms with van der Waals surface area (Å²) in [6.07, 6.45) is 3.99. The standard InChI is InChI=1S/C23H19N3O3/c1-14-7-8-26-12-19(24-22(26)9-14)16-4-3-15(2)18(10-16)25-23(27)17-5-6-20-21(11-17)29-13-28-20/h3-12H,13H2,1-2H3,(H,25,27). The molecule has 0 fully saturated rings. The highest BCUT2D eigenvalue weighted by Crippen LogP contribution is 2.33. The number of carbonyl (C=O) groups is 1. The number of fused-ring (bicyclic) bond motifs is 2. The van der Waals surface area contributed by atoms with Gasteiger partial charge in [-0.3, -0.25) is 4.79 Å². The molecule has 0 atom stereocenters. The van der Waals surface area contributed by atoms with E-state index in [1.807, 2.05) is 61.0 Å². The highest BCUT2D eigenvalue weighted by Gasteiger charge is 2.17. The van der Waals surface area contributed by atoms with Crippen molar-refractivity contribution in [2.45, 2.75) is 13.8 Å². The molecule has 1 amide bonds. The molecule has 0 aliphatic carbocycles. The summed E-state index contributed by atoms with van der Waals surface area (Å²) in [5, 5.41) is 3.00. The number of rotatable bonds is 3. The molecule has 3 heterocycles. The van der Waals surface area contributed by atoms with Crippen molar-refractivity contribution < 1.29 is 14.3 Å². The van der Waals surface area contributed by atoms with E-state index in [4.69, 9.17) is 14.5 Å². The number of aryl methyl sites for hydroxylation is 2. The third kappa shape index (κ3) is 3.18. The fourth-order valence-corrected chi connectivity index (χ4v) is 3.37. The van der Waals surface area contributed by atoms with Gasteiger partial charge in [-0.25, -0.2) is 4.98 Å². The molecule has 5 rings (SSSR count). The second-order valence-corrected chi connectivity index (χ2v) is 7.15. The number of nitrogens with zero attached hydrogens (tertiary/aromatic N) is 2. The highest BCUT2D eigenvalue weighted by molar-refractivity contribution is 6.05. The number of imidazole rings is 1. The van der Waals surface area contributed by atoms with Crippen LogP contribution in [0.2, 0.25) is 0 Å². The Hall–Kier alpha value is -3.80. The minimum atomic E-state index is -0.200. The first-order chi connectivity index (χ1) is 14.1. The zero-order valence-corrected chi connectivity index (χ0v) is 16.1. The summed E-state index contributed by atoms with van der Waals surface area (Å²) in [6.45, 7) is 4.19. The molecule has 0 unspecified atom stereocenters. The summed E-state index contributed by atoms with van der Waals surface area (Å²) in [7, 11) is 0. The van der Waals surface area contributed by atoms with Crippen molar-refractivity contribution in [2.75, 3.05) is 12.1 Å². The first-order valence-corrected chi connectivity index (χ1v) is 9.34. The zero-order chi connectivity index (χ0) is 20.0. The molecule has 0 saturated carbocycles. The van der Waals surface area contributed by atoms with Crippen molar-refractivity contribution >= 4 is 17.2 Å². The van der Waals surface area contributed by atoms with E-state index >= 15 is 0 Å². The molecule has 2 aromatic heterocycles. The summed E-state index contributed by atoms with van der Waals surface area (Å²) < 4.78 is 12.7. The van der Waals surface area contributed by atoms with Crippen LogP contribution in [-0.2, 0) is 0 Å². The van der Waals surface area contributed by atoms with Gasteiger partial charge in [-0.2, -0.15) is 0 Å². The number of amides is 1. The van der Waals surface area contributed by atoms with E-state index in [1.165, 1.54) is 0 Å². The van der Waals surface area contributed by atoms with Gasteiger partial charge < -0.3 is 19.2 Å². The maximum atomic E-state index is 12.8. The van der Waals surface area contributed by atoms with Crippen molar-refractivity contribution in [3.63, 3.8) is 0 Å². The van der Waals surface area contributed by atoms with E-state index < -0.39 is 0 Å².